The van der Waals surface area contributed by atoms with Crippen molar-refractivity contribution < 1.29 is 17.4 Å². The van der Waals surface area contributed by atoms with Gasteiger partial charge in [-0.15, -0.1) is 11.6 Å². The molecule has 2 rings (SSSR count). The molecule has 0 spiro atoms. The zero-order chi connectivity index (χ0) is 15.8. The average Bonchev–Trinajstić information content (AvgIpc) is 2.73. The second kappa shape index (κ2) is 5.96. The standard InChI is InChI=1S/C13H14ClF3N2OS/c1-8(14)12-18-10-7-9(13(15,16)17)3-4-11(10)19(12)5-6-21(2)20/h3-4,7-8H,5-6H2,1-2H3. The van der Waals surface area contributed by atoms with E-state index in [1.807, 2.05) is 0 Å². The first-order valence-electron chi connectivity index (χ1n) is 6.21. The first-order chi connectivity index (χ1) is 9.70. The fourth-order valence-electron chi connectivity index (χ4n) is 2.08. The van der Waals surface area contributed by atoms with Crippen molar-refractivity contribution in [2.45, 2.75) is 25.0 Å². The molecule has 1 aromatic carbocycles. The minimum Gasteiger partial charge on any atom is -0.326 e. The highest BCUT2D eigenvalue weighted by Crippen LogP contribution is 2.32. The predicted octanol–water partition coefficient (Wildman–Crippen LogP) is 3.73. The molecule has 0 aliphatic heterocycles. The summed E-state index contributed by atoms with van der Waals surface area (Å²) in [5.74, 6) is 0.875. The van der Waals surface area contributed by atoms with Gasteiger partial charge < -0.3 is 4.57 Å². The van der Waals surface area contributed by atoms with Crippen LogP contribution in [-0.2, 0) is 23.5 Å². The third-order valence-electron chi connectivity index (χ3n) is 3.06. The van der Waals surface area contributed by atoms with Crippen LogP contribution in [0.4, 0.5) is 13.2 Å². The van der Waals surface area contributed by atoms with Crippen LogP contribution in [0.2, 0.25) is 0 Å². The summed E-state index contributed by atoms with van der Waals surface area (Å²) in [5, 5.41) is -0.447. The van der Waals surface area contributed by atoms with Crippen molar-refractivity contribution in [2.24, 2.45) is 0 Å². The fourth-order valence-corrected chi connectivity index (χ4v) is 2.69. The molecule has 8 heteroatoms. The highest BCUT2D eigenvalue weighted by Gasteiger charge is 2.31. The van der Waals surface area contributed by atoms with Gasteiger partial charge in [0, 0.05) is 29.4 Å². The van der Waals surface area contributed by atoms with Crippen LogP contribution in [0.25, 0.3) is 11.0 Å². The number of fused-ring (bicyclic) bond motifs is 1. The van der Waals surface area contributed by atoms with Gasteiger partial charge in [-0.2, -0.15) is 13.2 Å². The van der Waals surface area contributed by atoms with E-state index in [0.717, 1.165) is 12.1 Å². The van der Waals surface area contributed by atoms with Crippen LogP contribution in [0.1, 0.15) is 23.7 Å². The lowest BCUT2D eigenvalue weighted by molar-refractivity contribution is -0.137. The Labute approximate surface area is 127 Å². The molecule has 0 bridgehead atoms. The molecule has 0 saturated carbocycles. The number of alkyl halides is 4. The van der Waals surface area contributed by atoms with Crippen LogP contribution in [0.5, 0.6) is 0 Å². The van der Waals surface area contributed by atoms with Crippen LogP contribution in [0.15, 0.2) is 18.2 Å². The lowest BCUT2D eigenvalue weighted by Gasteiger charge is -2.10. The molecular formula is C13H14ClF3N2OS. The molecular weight excluding hydrogens is 325 g/mol. The minimum atomic E-state index is -4.41. The normalized spacial score (nSPS) is 15.3. The molecule has 1 aromatic heterocycles. The number of hydrogen-bond acceptors (Lipinski definition) is 2. The Morgan fingerprint density at radius 1 is 1.43 bits per heavy atom. The molecule has 1 heterocycles. The molecule has 116 valence electrons. The lowest BCUT2D eigenvalue weighted by atomic mass is 10.2. The van der Waals surface area contributed by atoms with Crippen molar-refractivity contribution in [3.63, 3.8) is 0 Å². The van der Waals surface area contributed by atoms with Crippen LogP contribution in [0.3, 0.4) is 0 Å². The first-order valence-corrected chi connectivity index (χ1v) is 8.38. The molecule has 2 unspecified atom stereocenters. The molecule has 0 fully saturated rings. The second-order valence-corrected chi connectivity index (χ2v) is 6.93. The number of aromatic nitrogens is 2. The Morgan fingerprint density at radius 3 is 2.62 bits per heavy atom. The van der Waals surface area contributed by atoms with Crippen LogP contribution >= 0.6 is 11.6 Å². The number of halogens is 4. The van der Waals surface area contributed by atoms with E-state index < -0.39 is 27.9 Å². The maximum atomic E-state index is 12.7. The number of benzene rings is 1. The van der Waals surface area contributed by atoms with Gasteiger partial charge in [-0.1, -0.05) is 0 Å². The summed E-state index contributed by atoms with van der Waals surface area (Å²) in [5.41, 5.74) is 0.0673. The first kappa shape index (κ1) is 16.3. The molecule has 0 saturated heterocycles. The van der Waals surface area contributed by atoms with E-state index in [9.17, 15) is 17.4 Å². The molecule has 0 aliphatic carbocycles. The van der Waals surface area contributed by atoms with Crippen molar-refractivity contribution in [1.29, 1.82) is 0 Å². The third kappa shape index (κ3) is 3.58. The molecule has 0 aliphatic rings. The summed E-state index contributed by atoms with van der Waals surface area (Å²) in [6.07, 6.45) is -2.83. The fraction of sp³-hybridized carbons (Fsp3) is 0.462. The molecule has 2 atom stereocenters. The Hall–Kier alpha value is -1.08. The number of aryl methyl sites for hydroxylation is 1. The third-order valence-corrected chi connectivity index (χ3v) is 4.02. The molecule has 0 amide bonds. The monoisotopic (exact) mass is 338 g/mol. The van der Waals surface area contributed by atoms with Gasteiger partial charge in [-0.05, 0) is 25.1 Å². The summed E-state index contributed by atoms with van der Waals surface area (Å²) >= 11 is 6.04. The predicted molar refractivity (Wildman–Crippen MR) is 77.9 cm³/mol. The summed E-state index contributed by atoms with van der Waals surface area (Å²) < 4.78 is 51.2. The molecule has 0 radical (unpaired) electrons. The van der Waals surface area contributed by atoms with E-state index in [1.165, 1.54) is 6.07 Å². The van der Waals surface area contributed by atoms with Crippen LogP contribution in [0, 0.1) is 0 Å². The number of rotatable bonds is 4. The Kier molecular flexibility index (Phi) is 4.63. The maximum absolute atomic E-state index is 12.7. The van der Waals surface area contributed by atoms with Crippen molar-refractivity contribution in [3.8, 4) is 0 Å². The maximum Gasteiger partial charge on any atom is 0.416 e. The summed E-state index contributed by atoms with van der Waals surface area (Å²) in [6, 6.07) is 3.41. The average molecular weight is 339 g/mol. The Bertz CT molecular complexity index is 682. The molecule has 21 heavy (non-hydrogen) atoms. The van der Waals surface area contributed by atoms with E-state index in [4.69, 9.17) is 11.6 Å². The van der Waals surface area contributed by atoms with Crippen LogP contribution < -0.4 is 0 Å². The van der Waals surface area contributed by atoms with Crippen molar-refractivity contribution in [2.75, 3.05) is 12.0 Å². The lowest BCUT2D eigenvalue weighted by Crippen LogP contribution is -2.10. The van der Waals surface area contributed by atoms with E-state index in [0.29, 0.717) is 23.6 Å². The van der Waals surface area contributed by atoms with E-state index in [2.05, 4.69) is 4.98 Å². The SMILES string of the molecule is CC(Cl)c1nc2cc(C(F)(F)F)ccc2n1CCS(C)=O. The number of hydrogen-bond donors (Lipinski definition) is 0. The zero-order valence-electron chi connectivity index (χ0n) is 11.4. The van der Waals surface area contributed by atoms with Gasteiger partial charge in [0.15, 0.2) is 0 Å². The van der Waals surface area contributed by atoms with E-state index >= 15 is 0 Å². The van der Waals surface area contributed by atoms with Gasteiger partial charge in [-0.3, -0.25) is 4.21 Å². The number of nitrogens with zero attached hydrogens (tertiary/aromatic N) is 2. The smallest absolute Gasteiger partial charge is 0.326 e. The van der Waals surface area contributed by atoms with Crippen molar-refractivity contribution in [1.82, 2.24) is 9.55 Å². The number of imidazole rings is 1. The van der Waals surface area contributed by atoms with Gasteiger partial charge in [-0.25, -0.2) is 4.98 Å². The topological polar surface area (TPSA) is 34.9 Å². The molecule has 2 aromatic rings. The summed E-state index contributed by atoms with van der Waals surface area (Å²) in [4.78, 5) is 4.20. The Balaban J connectivity index is 2.54. The minimum absolute atomic E-state index is 0.245. The van der Waals surface area contributed by atoms with Crippen molar-refractivity contribution >= 4 is 33.4 Å². The van der Waals surface area contributed by atoms with Gasteiger partial charge in [0.1, 0.15) is 5.82 Å². The van der Waals surface area contributed by atoms with Crippen LogP contribution in [-0.4, -0.2) is 25.8 Å². The quantitative estimate of drug-likeness (QED) is 0.796. The summed E-state index contributed by atoms with van der Waals surface area (Å²) in [7, 11) is -1.00. The van der Waals surface area contributed by atoms with Gasteiger partial charge in [0.05, 0.1) is 22.0 Å². The van der Waals surface area contributed by atoms with E-state index in [1.54, 1.807) is 17.7 Å². The van der Waals surface area contributed by atoms with Gasteiger partial charge >= 0.3 is 6.18 Å². The van der Waals surface area contributed by atoms with Crippen molar-refractivity contribution in [3.05, 3.63) is 29.6 Å². The highest BCUT2D eigenvalue weighted by atomic mass is 35.5. The molecule has 0 N–H and O–H groups in total. The van der Waals surface area contributed by atoms with Gasteiger partial charge in [0.25, 0.3) is 0 Å². The summed E-state index contributed by atoms with van der Waals surface area (Å²) in [6.45, 7) is 2.10. The molecule has 3 nitrogen and oxygen atoms in total. The van der Waals surface area contributed by atoms with Gasteiger partial charge in [0.2, 0.25) is 0 Å². The highest BCUT2D eigenvalue weighted by molar-refractivity contribution is 7.84. The zero-order valence-corrected chi connectivity index (χ0v) is 13.0. The largest absolute Gasteiger partial charge is 0.416 e. The van der Waals surface area contributed by atoms with E-state index in [-0.39, 0.29) is 5.52 Å². The second-order valence-electron chi connectivity index (χ2n) is 4.72. The Morgan fingerprint density at radius 2 is 2.10 bits per heavy atom.